The number of hydrogen-bond acceptors (Lipinski definition) is 3. The minimum absolute atomic E-state index is 0.0486. The van der Waals surface area contributed by atoms with Gasteiger partial charge in [-0.2, -0.15) is 0 Å². The molecule has 0 atom stereocenters. The van der Waals surface area contributed by atoms with Gasteiger partial charge in [0.2, 0.25) is 0 Å². The molecule has 0 N–H and O–H groups in total. The average Bonchev–Trinajstić information content (AvgIpc) is 2.58. The number of halogens is 2. The van der Waals surface area contributed by atoms with Gasteiger partial charge >= 0.3 is 0 Å². The molecule has 6 heteroatoms. The second-order valence-corrected chi connectivity index (χ2v) is 6.53. The molecule has 0 fully saturated rings. The standard InChI is InChI=1S/C10H13Br2NO2S/c1-13(4-3-5-15-2)10(14)8-6-7(11)9(12)16-8/h6H,3-5H2,1-2H3. The summed E-state index contributed by atoms with van der Waals surface area (Å²) in [5.74, 6) is 0.0486. The summed E-state index contributed by atoms with van der Waals surface area (Å²) in [6, 6.07) is 1.84. The number of hydrogen-bond donors (Lipinski definition) is 0. The van der Waals surface area contributed by atoms with Gasteiger partial charge in [-0.15, -0.1) is 11.3 Å². The van der Waals surface area contributed by atoms with Gasteiger partial charge in [-0.1, -0.05) is 0 Å². The fourth-order valence-corrected chi connectivity index (χ4v) is 3.22. The van der Waals surface area contributed by atoms with E-state index in [1.165, 1.54) is 11.3 Å². The maximum atomic E-state index is 12.0. The van der Waals surface area contributed by atoms with Gasteiger partial charge in [-0.3, -0.25) is 4.79 Å². The normalized spacial score (nSPS) is 10.5. The van der Waals surface area contributed by atoms with E-state index in [1.54, 1.807) is 19.1 Å². The fourth-order valence-electron chi connectivity index (χ4n) is 1.19. The highest BCUT2D eigenvalue weighted by atomic mass is 79.9. The smallest absolute Gasteiger partial charge is 0.263 e. The molecule has 1 rings (SSSR count). The molecule has 16 heavy (non-hydrogen) atoms. The maximum Gasteiger partial charge on any atom is 0.263 e. The van der Waals surface area contributed by atoms with Crippen molar-refractivity contribution in [2.45, 2.75) is 6.42 Å². The molecule has 3 nitrogen and oxygen atoms in total. The lowest BCUT2D eigenvalue weighted by Crippen LogP contribution is -2.27. The Morgan fingerprint density at radius 2 is 2.25 bits per heavy atom. The number of amides is 1. The first kappa shape index (κ1) is 14.2. The molecule has 0 aliphatic carbocycles. The second kappa shape index (κ2) is 6.74. The minimum Gasteiger partial charge on any atom is -0.385 e. The average molecular weight is 371 g/mol. The van der Waals surface area contributed by atoms with E-state index >= 15 is 0 Å². The number of methoxy groups -OCH3 is 1. The van der Waals surface area contributed by atoms with Gasteiger partial charge in [0.25, 0.3) is 5.91 Å². The highest BCUT2D eigenvalue weighted by Gasteiger charge is 2.15. The minimum atomic E-state index is 0.0486. The van der Waals surface area contributed by atoms with E-state index in [1.807, 2.05) is 6.07 Å². The Balaban J connectivity index is 2.56. The summed E-state index contributed by atoms with van der Waals surface area (Å²) in [6.07, 6.45) is 0.854. The van der Waals surface area contributed by atoms with Crippen LogP contribution >= 0.6 is 43.2 Å². The summed E-state index contributed by atoms with van der Waals surface area (Å²) in [5.41, 5.74) is 0. The highest BCUT2D eigenvalue weighted by Crippen LogP contribution is 2.32. The molecule has 90 valence electrons. The number of nitrogens with zero attached hydrogens (tertiary/aromatic N) is 1. The van der Waals surface area contributed by atoms with Crippen LogP contribution in [-0.2, 0) is 4.74 Å². The van der Waals surface area contributed by atoms with Crippen molar-refractivity contribution >= 4 is 49.1 Å². The molecular formula is C10H13Br2NO2S. The predicted molar refractivity (Wildman–Crippen MR) is 73.2 cm³/mol. The third kappa shape index (κ3) is 3.84. The van der Waals surface area contributed by atoms with Crippen LogP contribution in [0.1, 0.15) is 16.1 Å². The van der Waals surface area contributed by atoms with Crippen LogP contribution in [0, 0.1) is 0 Å². The SMILES string of the molecule is COCCCN(C)C(=O)c1cc(Br)c(Br)s1. The van der Waals surface area contributed by atoms with Crippen LogP contribution in [0.4, 0.5) is 0 Å². The predicted octanol–water partition coefficient (Wildman–Crippen LogP) is 3.38. The molecule has 0 aromatic carbocycles. The second-order valence-electron chi connectivity index (χ2n) is 3.31. The molecule has 0 saturated heterocycles. The molecule has 1 heterocycles. The molecule has 0 bridgehead atoms. The summed E-state index contributed by atoms with van der Waals surface area (Å²) in [7, 11) is 3.47. The topological polar surface area (TPSA) is 29.5 Å². The monoisotopic (exact) mass is 369 g/mol. The zero-order chi connectivity index (χ0) is 12.1. The number of thiophene rings is 1. The van der Waals surface area contributed by atoms with Crippen molar-refractivity contribution in [3.05, 3.63) is 19.2 Å². The Bertz CT molecular complexity index is 348. The molecule has 0 spiro atoms. The van der Waals surface area contributed by atoms with E-state index in [0.29, 0.717) is 13.2 Å². The Hall–Kier alpha value is 0.0900. The van der Waals surface area contributed by atoms with Gasteiger partial charge in [0.15, 0.2) is 0 Å². The van der Waals surface area contributed by atoms with E-state index in [-0.39, 0.29) is 5.91 Å². The number of ether oxygens (including phenoxy) is 1. The molecule has 0 unspecified atom stereocenters. The van der Waals surface area contributed by atoms with Crippen molar-refractivity contribution in [2.75, 3.05) is 27.3 Å². The van der Waals surface area contributed by atoms with Crippen molar-refractivity contribution in [3.63, 3.8) is 0 Å². The van der Waals surface area contributed by atoms with Crippen molar-refractivity contribution in [1.82, 2.24) is 4.90 Å². The van der Waals surface area contributed by atoms with Crippen LogP contribution in [-0.4, -0.2) is 38.1 Å². The zero-order valence-corrected chi connectivity index (χ0v) is 13.1. The molecular weight excluding hydrogens is 358 g/mol. The van der Waals surface area contributed by atoms with E-state index in [2.05, 4.69) is 31.9 Å². The maximum absolute atomic E-state index is 12.0. The molecule has 1 aromatic heterocycles. The van der Waals surface area contributed by atoms with Crippen molar-refractivity contribution in [2.24, 2.45) is 0 Å². The number of rotatable bonds is 5. The highest BCUT2D eigenvalue weighted by molar-refractivity contribution is 9.13. The number of carbonyl (C=O) groups excluding carboxylic acids is 1. The van der Waals surface area contributed by atoms with Crippen LogP contribution in [0.5, 0.6) is 0 Å². The van der Waals surface area contributed by atoms with Gasteiger partial charge in [0.05, 0.1) is 8.66 Å². The molecule has 0 aliphatic heterocycles. The van der Waals surface area contributed by atoms with Crippen LogP contribution < -0.4 is 0 Å². The van der Waals surface area contributed by atoms with Crippen molar-refractivity contribution in [1.29, 1.82) is 0 Å². The van der Waals surface area contributed by atoms with E-state index < -0.39 is 0 Å². The lowest BCUT2D eigenvalue weighted by Gasteiger charge is -2.15. The van der Waals surface area contributed by atoms with Crippen molar-refractivity contribution < 1.29 is 9.53 Å². The molecule has 1 amide bonds. The Morgan fingerprint density at radius 3 is 2.75 bits per heavy atom. The van der Waals surface area contributed by atoms with Gasteiger partial charge < -0.3 is 9.64 Å². The summed E-state index contributed by atoms with van der Waals surface area (Å²) < 4.78 is 6.82. The lowest BCUT2D eigenvalue weighted by atomic mass is 10.3. The van der Waals surface area contributed by atoms with E-state index in [4.69, 9.17) is 4.74 Å². The summed E-state index contributed by atoms with van der Waals surface area (Å²) in [6.45, 7) is 1.38. The molecule has 0 aliphatic rings. The Labute approximate surface area is 116 Å². The van der Waals surface area contributed by atoms with E-state index in [9.17, 15) is 4.79 Å². The number of carbonyl (C=O) groups is 1. The Morgan fingerprint density at radius 1 is 1.56 bits per heavy atom. The van der Waals surface area contributed by atoms with Crippen LogP contribution in [0.25, 0.3) is 0 Å². The third-order valence-corrected chi connectivity index (χ3v) is 5.29. The van der Waals surface area contributed by atoms with Gasteiger partial charge in [0, 0.05) is 31.8 Å². The third-order valence-electron chi connectivity index (χ3n) is 2.04. The largest absolute Gasteiger partial charge is 0.385 e. The zero-order valence-electron chi connectivity index (χ0n) is 9.13. The molecule has 1 aromatic rings. The van der Waals surface area contributed by atoms with Crippen molar-refractivity contribution in [3.8, 4) is 0 Å². The fraction of sp³-hybridized carbons (Fsp3) is 0.500. The van der Waals surface area contributed by atoms with Gasteiger partial charge in [0.1, 0.15) is 0 Å². The van der Waals surface area contributed by atoms with Gasteiger partial charge in [-0.25, -0.2) is 0 Å². The quantitative estimate of drug-likeness (QED) is 0.743. The Kier molecular flexibility index (Phi) is 5.96. The summed E-state index contributed by atoms with van der Waals surface area (Å²) >= 11 is 8.19. The molecule has 0 radical (unpaired) electrons. The first-order chi connectivity index (χ1) is 7.56. The van der Waals surface area contributed by atoms with Crippen LogP contribution in [0.3, 0.4) is 0 Å². The summed E-state index contributed by atoms with van der Waals surface area (Å²) in [5, 5.41) is 0. The van der Waals surface area contributed by atoms with Crippen LogP contribution in [0.15, 0.2) is 14.3 Å². The first-order valence-corrected chi connectivity index (χ1v) is 7.15. The lowest BCUT2D eigenvalue weighted by molar-refractivity contribution is 0.0784. The summed E-state index contributed by atoms with van der Waals surface area (Å²) in [4.78, 5) is 14.4. The van der Waals surface area contributed by atoms with Crippen LogP contribution in [0.2, 0.25) is 0 Å². The molecule has 0 saturated carbocycles. The first-order valence-electron chi connectivity index (χ1n) is 4.75. The van der Waals surface area contributed by atoms with E-state index in [0.717, 1.165) is 19.6 Å². The van der Waals surface area contributed by atoms with Gasteiger partial charge in [-0.05, 0) is 44.3 Å².